The van der Waals surface area contributed by atoms with Crippen LogP contribution in [-0.2, 0) is 28.6 Å². The Balaban J connectivity index is 3.88. The molecule has 0 saturated carbocycles. The largest absolute Gasteiger partial charge is 0.462 e. The molecule has 0 rings (SSSR count). The fourth-order valence-electron chi connectivity index (χ4n) is 9.56. The van der Waals surface area contributed by atoms with Crippen LogP contribution < -0.4 is 0 Å². The second-order valence-electron chi connectivity index (χ2n) is 21.3. The minimum absolute atomic E-state index is 0.0642. The summed E-state index contributed by atoms with van der Waals surface area (Å²) < 4.78 is 16.7. The van der Waals surface area contributed by atoms with E-state index in [4.69, 9.17) is 14.2 Å². The summed E-state index contributed by atoms with van der Waals surface area (Å²) in [5, 5.41) is 0. The van der Waals surface area contributed by atoms with Gasteiger partial charge in [-0.05, 0) is 44.9 Å². The molecular weight excluding hydrogens is 853 g/mol. The minimum atomic E-state index is -0.761. The van der Waals surface area contributed by atoms with Gasteiger partial charge in [0, 0.05) is 19.3 Å². The van der Waals surface area contributed by atoms with Crippen LogP contribution in [0.15, 0.2) is 12.2 Å². The molecule has 0 aliphatic rings. The third kappa shape index (κ3) is 56.9. The van der Waals surface area contributed by atoms with Crippen molar-refractivity contribution in [3.8, 4) is 0 Å². The zero-order valence-corrected chi connectivity index (χ0v) is 46.9. The minimum Gasteiger partial charge on any atom is -0.462 e. The standard InChI is InChI=1S/C63H120O6/c1-4-7-10-13-15-17-19-21-23-24-25-26-27-28-29-30-31-32-33-34-35-36-37-38-40-41-43-45-47-50-53-56-62(65)68-59-60(58-67-61(64)55-52-49-12-9-6-3)69-63(66)57-54-51-48-46-44-42-39-22-20-18-16-14-11-8-5-2/h24-25,60H,4-23,26-59H2,1-3H3/b25-24-. The van der Waals surface area contributed by atoms with Crippen LogP contribution in [0.5, 0.6) is 0 Å². The molecule has 0 bridgehead atoms. The first-order valence-electron chi connectivity index (χ1n) is 31.2. The van der Waals surface area contributed by atoms with Gasteiger partial charge in [-0.1, -0.05) is 303 Å². The lowest BCUT2D eigenvalue weighted by molar-refractivity contribution is -0.167. The predicted octanol–water partition coefficient (Wildman–Crippen LogP) is 20.9. The van der Waals surface area contributed by atoms with Gasteiger partial charge in [0.05, 0.1) is 0 Å². The topological polar surface area (TPSA) is 78.9 Å². The van der Waals surface area contributed by atoms with Gasteiger partial charge >= 0.3 is 17.9 Å². The summed E-state index contributed by atoms with van der Waals surface area (Å²) in [4.78, 5) is 37.8. The van der Waals surface area contributed by atoms with E-state index in [1.165, 1.54) is 250 Å². The van der Waals surface area contributed by atoms with Gasteiger partial charge in [0.15, 0.2) is 6.10 Å². The van der Waals surface area contributed by atoms with Crippen LogP contribution in [0, 0.1) is 0 Å². The molecule has 6 nitrogen and oxygen atoms in total. The van der Waals surface area contributed by atoms with Crippen molar-refractivity contribution in [2.75, 3.05) is 13.2 Å². The highest BCUT2D eigenvalue weighted by molar-refractivity contribution is 5.71. The number of allylic oxidation sites excluding steroid dienone is 2. The maximum absolute atomic E-state index is 12.8. The Hall–Kier alpha value is -1.85. The van der Waals surface area contributed by atoms with Gasteiger partial charge in [-0.2, -0.15) is 0 Å². The smallest absolute Gasteiger partial charge is 0.306 e. The van der Waals surface area contributed by atoms with E-state index < -0.39 is 6.10 Å². The first-order valence-corrected chi connectivity index (χ1v) is 31.2. The highest BCUT2D eigenvalue weighted by atomic mass is 16.6. The SMILES string of the molecule is CCCCCCCCCC/C=C\CCCCCCCCCCCCCCCCCCCCCC(=O)OCC(COC(=O)CCCCCCC)OC(=O)CCCCCCCCCCCCCCCCC. The Bertz CT molecular complexity index is 1070. The summed E-state index contributed by atoms with van der Waals surface area (Å²) in [6.07, 6.45) is 68.5. The van der Waals surface area contributed by atoms with Crippen LogP contribution in [0.1, 0.15) is 355 Å². The molecule has 0 amide bonds. The summed E-state index contributed by atoms with van der Waals surface area (Å²) in [7, 11) is 0. The third-order valence-electron chi connectivity index (χ3n) is 14.3. The van der Waals surface area contributed by atoms with Crippen LogP contribution in [0.3, 0.4) is 0 Å². The summed E-state index contributed by atoms with van der Waals surface area (Å²) in [5.74, 6) is -0.855. The molecule has 69 heavy (non-hydrogen) atoms. The van der Waals surface area contributed by atoms with Crippen LogP contribution in [0.2, 0.25) is 0 Å². The molecular formula is C63H120O6. The van der Waals surface area contributed by atoms with Crippen molar-refractivity contribution in [3.05, 3.63) is 12.2 Å². The van der Waals surface area contributed by atoms with Crippen molar-refractivity contribution < 1.29 is 28.6 Å². The molecule has 0 radical (unpaired) electrons. The lowest BCUT2D eigenvalue weighted by Crippen LogP contribution is -2.30. The van der Waals surface area contributed by atoms with Gasteiger partial charge in [0.25, 0.3) is 0 Å². The average Bonchev–Trinajstić information content (AvgIpc) is 3.35. The van der Waals surface area contributed by atoms with E-state index in [0.29, 0.717) is 19.3 Å². The Kier molecular flexibility index (Phi) is 57.1. The Morgan fingerprint density at radius 1 is 0.275 bits per heavy atom. The molecule has 0 fully saturated rings. The zero-order chi connectivity index (χ0) is 50.0. The van der Waals surface area contributed by atoms with E-state index in [1.807, 2.05) is 0 Å². The molecule has 0 aliphatic carbocycles. The summed E-state index contributed by atoms with van der Waals surface area (Å²) >= 11 is 0. The lowest BCUT2D eigenvalue weighted by atomic mass is 10.0. The van der Waals surface area contributed by atoms with Gasteiger partial charge in [-0.25, -0.2) is 0 Å². The van der Waals surface area contributed by atoms with Gasteiger partial charge in [-0.15, -0.1) is 0 Å². The number of hydrogen-bond donors (Lipinski definition) is 0. The molecule has 0 aliphatic heterocycles. The maximum Gasteiger partial charge on any atom is 0.306 e. The molecule has 1 atom stereocenters. The second kappa shape index (κ2) is 58.7. The van der Waals surface area contributed by atoms with E-state index in [-0.39, 0.29) is 31.1 Å². The van der Waals surface area contributed by atoms with E-state index in [1.54, 1.807) is 0 Å². The number of hydrogen-bond acceptors (Lipinski definition) is 6. The van der Waals surface area contributed by atoms with Gasteiger partial charge in [0.1, 0.15) is 13.2 Å². The lowest BCUT2D eigenvalue weighted by Gasteiger charge is -2.18. The monoisotopic (exact) mass is 973 g/mol. The molecule has 6 heteroatoms. The van der Waals surface area contributed by atoms with Crippen LogP contribution in [-0.4, -0.2) is 37.2 Å². The second-order valence-corrected chi connectivity index (χ2v) is 21.3. The van der Waals surface area contributed by atoms with Crippen molar-refractivity contribution >= 4 is 17.9 Å². The predicted molar refractivity (Wildman–Crippen MR) is 298 cm³/mol. The van der Waals surface area contributed by atoms with E-state index >= 15 is 0 Å². The molecule has 0 aromatic carbocycles. The number of ether oxygens (including phenoxy) is 3. The zero-order valence-electron chi connectivity index (χ0n) is 46.9. The molecule has 0 saturated heterocycles. The summed E-state index contributed by atoms with van der Waals surface area (Å²) in [6, 6.07) is 0. The van der Waals surface area contributed by atoms with Crippen LogP contribution in [0.4, 0.5) is 0 Å². The summed E-state index contributed by atoms with van der Waals surface area (Å²) in [6.45, 7) is 6.61. The molecule has 0 aromatic rings. The van der Waals surface area contributed by atoms with Crippen molar-refractivity contribution in [2.24, 2.45) is 0 Å². The quantitative estimate of drug-likeness (QED) is 0.0261. The molecule has 0 spiro atoms. The highest BCUT2D eigenvalue weighted by Gasteiger charge is 2.19. The van der Waals surface area contributed by atoms with Crippen molar-refractivity contribution in [3.63, 3.8) is 0 Å². The summed E-state index contributed by atoms with van der Waals surface area (Å²) in [5.41, 5.74) is 0. The number of unbranched alkanes of at least 4 members (excludes halogenated alkanes) is 45. The fraction of sp³-hybridized carbons (Fsp3) is 0.921. The normalized spacial score (nSPS) is 12.0. The number of carbonyl (C=O) groups excluding carboxylic acids is 3. The van der Waals surface area contributed by atoms with Gasteiger partial charge in [0.2, 0.25) is 0 Å². The van der Waals surface area contributed by atoms with Crippen molar-refractivity contribution in [2.45, 2.75) is 361 Å². The highest BCUT2D eigenvalue weighted by Crippen LogP contribution is 2.18. The average molecular weight is 974 g/mol. The maximum atomic E-state index is 12.8. The number of carbonyl (C=O) groups is 3. The van der Waals surface area contributed by atoms with Gasteiger partial charge < -0.3 is 14.2 Å². The molecule has 0 aromatic heterocycles. The Morgan fingerprint density at radius 3 is 0.725 bits per heavy atom. The number of rotatable bonds is 58. The molecule has 408 valence electrons. The van der Waals surface area contributed by atoms with E-state index in [0.717, 1.165) is 64.2 Å². The van der Waals surface area contributed by atoms with Crippen molar-refractivity contribution in [1.82, 2.24) is 0 Å². The molecule has 0 heterocycles. The molecule has 1 unspecified atom stereocenters. The van der Waals surface area contributed by atoms with E-state index in [9.17, 15) is 14.4 Å². The van der Waals surface area contributed by atoms with E-state index in [2.05, 4.69) is 32.9 Å². The van der Waals surface area contributed by atoms with Gasteiger partial charge in [-0.3, -0.25) is 14.4 Å². The van der Waals surface area contributed by atoms with Crippen LogP contribution >= 0.6 is 0 Å². The number of esters is 3. The van der Waals surface area contributed by atoms with Crippen LogP contribution in [0.25, 0.3) is 0 Å². The Morgan fingerprint density at radius 2 is 0.478 bits per heavy atom. The van der Waals surface area contributed by atoms with Crippen molar-refractivity contribution in [1.29, 1.82) is 0 Å². The first-order chi connectivity index (χ1) is 34.0. The Labute approximate surface area is 431 Å². The molecule has 0 N–H and O–H groups in total. The third-order valence-corrected chi connectivity index (χ3v) is 14.3. The first kappa shape index (κ1) is 67.1. The fourth-order valence-corrected chi connectivity index (χ4v) is 9.56.